The zero-order chi connectivity index (χ0) is 41.9. The Morgan fingerprint density at radius 1 is 0.850 bits per heavy atom. The molecule has 3 heterocycles. The third-order valence-corrected chi connectivity index (χ3v) is 11.3. The van der Waals surface area contributed by atoms with Crippen molar-refractivity contribution in [3.8, 4) is 17.0 Å². The largest absolute Gasteiger partial charge is 0.472 e. The van der Waals surface area contributed by atoms with Gasteiger partial charge in [0.1, 0.15) is 18.0 Å². The lowest BCUT2D eigenvalue weighted by Gasteiger charge is -2.29. The summed E-state index contributed by atoms with van der Waals surface area (Å²) >= 11 is 0. The number of Topliss-reactive ketones (excluding diaryl/α,β-unsaturated/α-hetero) is 1. The van der Waals surface area contributed by atoms with Gasteiger partial charge in [-0.25, -0.2) is 14.8 Å². The van der Waals surface area contributed by atoms with Crippen molar-refractivity contribution in [3.63, 3.8) is 0 Å². The first-order chi connectivity index (χ1) is 29.1. The number of azo groups is 1. The van der Waals surface area contributed by atoms with Crippen LogP contribution in [-0.2, 0) is 27.4 Å². The van der Waals surface area contributed by atoms with Gasteiger partial charge in [0.05, 0.1) is 5.56 Å². The Bertz CT molecular complexity index is 2140. The van der Waals surface area contributed by atoms with Crippen LogP contribution in [0.2, 0.25) is 0 Å². The summed E-state index contributed by atoms with van der Waals surface area (Å²) in [5.74, 6) is 1.18. The highest BCUT2D eigenvalue weighted by Crippen LogP contribution is 2.34. The number of hydrogen-bond acceptors (Lipinski definition) is 11. The number of anilines is 2. The van der Waals surface area contributed by atoms with Gasteiger partial charge in [-0.15, -0.1) is 5.11 Å². The summed E-state index contributed by atoms with van der Waals surface area (Å²) in [5.41, 5.74) is 4.54. The second-order valence-corrected chi connectivity index (χ2v) is 17.0. The van der Waals surface area contributed by atoms with Crippen molar-refractivity contribution in [2.45, 2.75) is 90.8 Å². The van der Waals surface area contributed by atoms with Crippen molar-refractivity contribution in [1.82, 2.24) is 15.3 Å². The number of aliphatic imine (C=N–C) groups is 1. The molecule has 60 heavy (non-hydrogen) atoms. The van der Waals surface area contributed by atoms with E-state index < -0.39 is 17.6 Å². The number of nitrogens with one attached hydrogen (secondary N) is 2. The summed E-state index contributed by atoms with van der Waals surface area (Å²) in [6, 6.07) is 25.4. The maximum Gasteiger partial charge on any atom is 0.407 e. The van der Waals surface area contributed by atoms with Gasteiger partial charge in [0, 0.05) is 55.3 Å². The number of ketones is 1. The Morgan fingerprint density at radius 3 is 2.25 bits per heavy atom. The lowest BCUT2D eigenvalue weighted by atomic mass is 9.77. The van der Waals surface area contributed by atoms with E-state index in [1.165, 1.54) is 6.42 Å². The Balaban J connectivity index is 1.05. The highest BCUT2D eigenvalue weighted by Gasteiger charge is 2.31. The number of aromatic nitrogens is 2. The molecule has 314 valence electrons. The molecule has 1 atom stereocenters. The van der Waals surface area contributed by atoms with Crippen LogP contribution in [0.25, 0.3) is 11.1 Å². The fraction of sp³-hybridized carbons (Fsp3) is 0.447. The van der Waals surface area contributed by atoms with E-state index in [1.807, 2.05) is 106 Å². The van der Waals surface area contributed by atoms with Crippen LogP contribution >= 0.6 is 0 Å². The number of benzene rings is 3. The molecule has 13 heteroatoms. The fourth-order valence-electron chi connectivity index (χ4n) is 7.96. The van der Waals surface area contributed by atoms with Crippen molar-refractivity contribution < 1.29 is 23.9 Å². The highest BCUT2D eigenvalue weighted by atomic mass is 16.6. The van der Waals surface area contributed by atoms with E-state index in [-0.39, 0.29) is 29.9 Å². The van der Waals surface area contributed by atoms with E-state index in [0.29, 0.717) is 49.6 Å². The van der Waals surface area contributed by atoms with Gasteiger partial charge in [-0.2, -0.15) is 10.1 Å². The molecule has 0 radical (unpaired) electrons. The predicted molar refractivity (Wildman–Crippen MR) is 232 cm³/mol. The van der Waals surface area contributed by atoms with Crippen molar-refractivity contribution in [3.05, 3.63) is 102 Å². The maximum absolute atomic E-state index is 14.1. The van der Waals surface area contributed by atoms with E-state index in [0.717, 1.165) is 79.4 Å². The van der Waals surface area contributed by atoms with Crippen LogP contribution < -0.4 is 20.3 Å². The van der Waals surface area contributed by atoms with Crippen molar-refractivity contribution in [1.29, 1.82) is 0 Å². The van der Waals surface area contributed by atoms with E-state index in [2.05, 4.69) is 30.8 Å². The number of rotatable bonds is 15. The van der Waals surface area contributed by atoms with Crippen LogP contribution in [0.1, 0.15) is 88.8 Å². The average Bonchev–Trinajstić information content (AvgIpc) is 3.81. The Kier molecular flexibility index (Phi) is 13.9. The molecule has 2 N–H and O–H groups in total. The summed E-state index contributed by atoms with van der Waals surface area (Å²) in [7, 11) is 0. The van der Waals surface area contributed by atoms with Crippen LogP contribution in [0.3, 0.4) is 0 Å². The predicted octanol–water partition coefficient (Wildman–Crippen LogP) is 8.97. The first-order valence-electron chi connectivity index (χ1n) is 21.3. The molecule has 1 aliphatic carbocycles. The minimum absolute atomic E-state index is 0.0939. The summed E-state index contributed by atoms with van der Waals surface area (Å²) in [6.07, 6.45) is 8.45. The molecule has 2 amide bonds. The zero-order valence-electron chi connectivity index (χ0n) is 34.9. The van der Waals surface area contributed by atoms with Crippen molar-refractivity contribution in [2.75, 3.05) is 36.5 Å². The summed E-state index contributed by atoms with van der Waals surface area (Å²) in [5, 5.41) is 13.9. The molecule has 2 aliphatic heterocycles. The lowest BCUT2D eigenvalue weighted by molar-refractivity contribution is -0.129. The highest BCUT2D eigenvalue weighted by molar-refractivity contribution is 6.01. The first-order valence-corrected chi connectivity index (χ1v) is 21.3. The number of nitrogens with zero attached hydrogens (tertiary/aromatic N) is 6. The number of hydrogen-bond donors (Lipinski definition) is 2. The van der Waals surface area contributed by atoms with Crippen molar-refractivity contribution >= 4 is 35.3 Å². The average molecular weight is 813 g/mol. The van der Waals surface area contributed by atoms with Crippen molar-refractivity contribution in [2.24, 2.45) is 33.0 Å². The Labute approximate surface area is 352 Å². The SMILES string of the molecule is CC(C)(C)OC(=O)NCC1CCC(C(=O)C[C@@H](Cc2ccc(-c3cnc(N4CCCCC4)nc3OCc3ccccc3)cc2)C(=O)Nc2ccc(C3=NCN=N3)cc2)CC1. The lowest BCUT2D eigenvalue weighted by Crippen LogP contribution is -2.37. The molecule has 7 rings (SSSR count). The summed E-state index contributed by atoms with van der Waals surface area (Å²) < 4.78 is 11.8. The first kappa shape index (κ1) is 42.2. The molecule has 0 unspecified atom stereocenters. The number of carbonyl (C=O) groups is 3. The number of carbonyl (C=O) groups excluding carboxylic acids is 3. The third kappa shape index (κ3) is 11.8. The normalized spacial score (nSPS) is 18.3. The molecule has 1 aromatic heterocycles. The van der Waals surface area contributed by atoms with E-state index >= 15 is 0 Å². The van der Waals surface area contributed by atoms with Crippen LogP contribution in [0.15, 0.2) is 100 Å². The number of amides is 2. The number of piperidine rings is 1. The molecular formula is C47H56N8O5. The minimum Gasteiger partial charge on any atom is -0.472 e. The molecule has 1 saturated carbocycles. The van der Waals surface area contributed by atoms with Gasteiger partial charge in [0.15, 0.2) is 12.5 Å². The minimum atomic E-state index is -0.598. The van der Waals surface area contributed by atoms with Gasteiger partial charge >= 0.3 is 6.09 Å². The molecule has 0 spiro atoms. The fourth-order valence-corrected chi connectivity index (χ4v) is 7.96. The van der Waals surface area contributed by atoms with Crippen LogP contribution in [0, 0.1) is 17.8 Å². The zero-order valence-corrected chi connectivity index (χ0v) is 34.9. The van der Waals surface area contributed by atoms with Gasteiger partial charge in [-0.05, 0) is 119 Å². The second kappa shape index (κ2) is 19.8. The molecule has 13 nitrogen and oxygen atoms in total. The van der Waals surface area contributed by atoms with Gasteiger partial charge in [0.2, 0.25) is 17.7 Å². The van der Waals surface area contributed by atoms with Gasteiger partial charge < -0.3 is 25.0 Å². The monoisotopic (exact) mass is 812 g/mol. The summed E-state index contributed by atoms with van der Waals surface area (Å²) in [4.78, 5) is 56.4. The summed E-state index contributed by atoms with van der Waals surface area (Å²) in [6.45, 7) is 8.57. The maximum atomic E-state index is 14.1. The van der Waals surface area contributed by atoms with Gasteiger partial charge in [-0.3, -0.25) is 9.59 Å². The topological polar surface area (TPSA) is 160 Å². The standard InChI is InChI=1S/C47H56N8O5/c1-47(2,3)60-46(58)49-28-33-14-18-36(19-15-33)41(56)27-38(43(57)52-39-22-20-37(21-23-39)42-50-31-51-54-42)26-32-12-16-35(17-13-32)40-29-48-45(55-24-8-5-9-25-55)53-44(40)59-30-34-10-6-4-7-11-34/h4,6-7,10-13,16-17,20-23,29,33,36,38H,5,8-9,14-15,18-19,24-28,30-31H2,1-3H3,(H,49,58)(H,52,57)/t33?,36?,38-/m1/s1. The molecule has 1 saturated heterocycles. The van der Waals surface area contributed by atoms with Crippen LogP contribution in [-0.4, -0.2) is 65.5 Å². The van der Waals surface area contributed by atoms with Gasteiger partial charge in [-0.1, -0.05) is 54.6 Å². The molecular weight excluding hydrogens is 757 g/mol. The number of amidine groups is 1. The Morgan fingerprint density at radius 2 is 1.57 bits per heavy atom. The number of alkyl carbamates (subject to hydrolysis) is 1. The molecule has 3 aliphatic rings. The number of ether oxygens (including phenoxy) is 2. The quantitative estimate of drug-likeness (QED) is 0.120. The van der Waals surface area contributed by atoms with E-state index in [1.54, 1.807) is 0 Å². The van der Waals surface area contributed by atoms with Crippen LogP contribution in [0.4, 0.5) is 16.4 Å². The molecule has 0 bridgehead atoms. The second-order valence-electron chi connectivity index (χ2n) is 17.0. The van der Waals surface area contributed by atoms with Gasteiger partial charge in [0.25, 0.3) is 0 Å². The third-order valence-electron chi connectivity index (χ3n) is 11.3. The smallest absolute Gasteiger partial charge is 0.407 e. The van der Waals surface area contributed by atoms with Crippen LogP contribution in [0.5, 0.6) is 5.88 Å². The molecule has 4 aromatic rings. The Hall–Kier alpha value is -5.98. The van der Waals surface area contributed by atoms with E-state index in [4.69, 9.17) is 19.4 Å². The molecule has 2 fully saturated rings. The molecule has 3 aromatic carbocycles. The van der Waals surface area contributed by atoms with E-state index in [9.17, 15) is 14.4 Å².